The fraction of sp³-hybridized carbons (Fsp3) is 0.174. The van der Waals surface area contributed by atoms with E-state index in [0.717, 1.165) is 16.8 Å². The SMILES string of the molecule is CSc1ccc(-c2cc(NC(=O)c3ccc(C(C)(C)O)cc3)nc3ccnn23)cc1. The van der Waals surface area contributed by atoms with Crippen molar-refractivity contribution in [3.05, 3.63) is 78.0 Å². The van der Waals surface area contributed by atoms with Gasteiger partial charge in [-0.1, -0.05) is 24.3 Å². The average molecular weight is 419 g/mol. The maximum Gasteiger partial charge on any atom is 0.256 e. The highest BCUT2D eigenvalue weighted by Gasteiger charge is 2.17. The van der Waals surface area contributed by atoms with Crippen molar-refractivity contribution >= 4 is 29.1 Å². The second-order valence-corrected chi connectivity index (χ2v) is 8.33. The smallest absolute Gasteiger partial charge is 0.256 e. The van der Waals surface area contributed by atoms with E-state index in [9.17, 15) is 9.90 Å². The molecule has 0 fully saturated rings. The molecule has 2 heterocycles. The quantitative estimate of drug-likeness (QED) is 0.463. The largest absolute Gasteiger partial charge is 0.386 e. The number of carbonyl (C=O) groups excluding carboxylic acids is 1. The van der Waals surface area contributed by atoms with E-state index < -0.39 is 5.60 Å². The van der Waals surface area contributed by atoms with Crippen LogP contribution in [0.25, 0.3) is 16.9 Å². The van der Waals surface area contributed by atoms with Crippen LogP contribution in [0.5, 0.6) is 0 Å². The molecule has 2 aromatic heterocycles. The van der Waals surface area contributed by atoms with Crippen LogP contribution in [-0.4, -0.2) is 31.9 Å². The lowest BCUT2D eigenvalue weighted by Gasteiger charge is -2.17. The molecule has 1 amide bonds. The molecule has 0 saturated carbocycles. The summed E-state index contributed by atoms with van der Waals surface area (Å²) in [6.07, 6.45) is 3.72. The first-order chi connectivity index (χ1) is 14.3. The number of nitrogens with one attached hydrogen (secondary N) is 1. The predicted octanol–water partition coefficient (Wildman–Crippen LogP) is 4.60. The molecule has 0 aliphatic carbocycles. The minimum absolute atomic E-state index is 0.266. The number of carbonyl (C=O) groups is 1. The summed E-state index contributed by atoms with van der Waals surface area (Å²) in [6, 6.07) is 18.7. The fourth-order valence-electron chi connectivity index (χ4n) is 3.16. The minimum Gasteiger partial charge on any atom is -0.386 e. The summed E-state index contributed by atoms with van der Waals surface area (Å²) in [4.78, 5) is 18.4. The first-order valence-electron chi connectivity index (χ1n) is 9.48. The Morgan fingerprint density at radius 3 is 2.40 bits per heavy atom. The van der Waals surface area contributed by atoms with Crippen molar-refractivity contribution in [3.63, 3.8) is 0 Å². The fourth-order valence-corrected chi connectivity index (χ4v) is 3.57. The molecule has 152 valence electrons. The summed E-state index contributed by atoms with van der Waals surface area (Å²) in [5.41, 5.74) is 2.75. The first-order valence-corrected chi connectivity index (χ1v) is 10.7. The Morgan fingerprint density at radius 1 is 1.07 bits per heavy atom. The Morgan fingerprint density at radius 2 is 1.77 bits per heavy atom. The first kappa shape index (κ1) is 20.1. The lowest BCUT2D eigenvalue weighted by molar-refractivity contribution is 0.0785. The number of aromatic nitrogens is 3. The Balaban J connectivity index is 1.65. The number of fused-ring (bicyclic) bond motifs is 1. The van der Waals surface area contributed by atoms with Gasteiger partial charge in [-0.05, 0) is 49.9 Å². The van der Waals surface area contributed by atoms with Gasteiger partial charge < -0.3 is 10.4 Å². The van der Waals surface area contributed by atoms with Crippen molar-refractivity contribution in [2.24, 2.45) is 0 Å². The molecular formula is C23H22N4O2S. The molecule has 0 aliphatic rings. The molecule has 0 bridgehead atoms. The average Bonchev–Trinajstić information content (AvgIpc) is 3.21. The molecule has 2 aromatic carbocycles. The van der Waals surface area contributed by atoms with E-state index in [-0.39, 0.29) is 5.91 Å². The van der Waals surface area contributed by atoms with Gasteiger partial charge in [0.25, 0.3) is 5.91 Å². The maximum absolute atomic E-state index is 12.7. The van der Waals surface area contributed by atoms with Crippen LogP contribution in [0.1, 0.15) is 29.8 Å². The van der Waals surface area contributed by atoms with Gasteiger partial charge in [-0.2, -0.15) is 5.10 Å². The molecule has 30 heavy (non-hydrogen) atoms. The molecule has 0 aliphatic heterocycles. The Bertz CT molecular complexity index is 1190. The van der Waals surface area contributed by atoms with Gasteiger partial charge in [0.05, 0.1) is 17.5 Å². The van der Waals surface area contributed by atoms with Crippen LogP contribution in [0.2, 0.25) is 0 Å². The zero-order valence-corrected chi connectivity index (χ0v) is 17.8. The number of benzene rings is 2. The number of hydrogen-bond donors (Lipinski definition) is 2. The van der Waals surface area contributed by atoms with E-state index in [1.807, 2.05) is 24.5 Å². The summed E-state index contributed by atoms with van der Waals surface area (Å²) >= 11 is 1.68. The number of hydrogen-bond acceptors (Lipinski definition) is 5. The molecule has 4 rings (SSSR count). The van der Waals surface area contributed by atoms with Crippen molar-refractivity contribution in [2.45, 2.75) is 24.3 Å². The molecule has 0 spiro atoms. The zero-order valence-electron chi connectivity index (χ0n) is 17.0. The third-order valence-electron chi connectivity index (χ3n) is 4.84. The van der Waals surface area contributed by atoms with Crippen molar-refractivity contribution < 1.29 is 9.90 Å². The van der Waals surface area contributed by atoms with Crippen molar-refractivity contribution in [1.82, 2.24) is 14.6 Å². The highest BCUT2D eigenvalue weighted by atomic mass is 32.2. The second-order valence-electron chi connectivity index (χ2n) is 7.45. The van der Waals surface area contributed by atoms with Gasteiger partial charge in [-0.15, -0.1) is 11.8 Å². The molecular weight excluding hydrogens is 396 g/mol. The number of thioether (sulfide) groups is 1. The Labute approximate surface area is 179 Å². The molecule has 0 atom stereocenters. The van der Waals surface area contributed by atoms with Crippen LogP contribution in [0.4, 0.5) is 5.82 Å². The standard InChI is InChI=1S/C23H22N4O2S/c1-23(2,29)17-8-4-16(5-9-17)22(28)26-20-14-19(27-21(25-20)12-13-24-27)15-6-10-18(30-3)11-7-15/h4-14,29H,1-3H3,(H,25,26,28). The molecule has 0 saturated heterocycles. The lowest BCUT2D eigenvalue weighted by Crippen LogP contribution is -2.17. The number of amides is 1. The summed E-state index contributed by atoms with van der Waals surface area (Å²) < 4.78 is 1.75. The second kappa shape index (κ2) is 7.93. The van der Waals surface area contributed by atoms with Crippen molar-refractivity contribution in [1.29, 1.82) is 0 Å². The van der Waals surface area contributed by atoms with Crippen LogP contribution in [0.3, 0.4) is 0 Å². The van der Waals surface area contributed by atoms with Gasteiger partial charge in [0.15, 0.2) is 5.65 Å². The number of rotatable bonds is 5. The Kier molecular flexibility index (Phi) is 5.32. The molecule has 2 N–H and O–H groups in total. The third-order valence-corrected chi connectivity index (χ3v) is 5.58. The van der Waals surface area contributed by atoms with E-state index >= 15 is 0 Å². The summed E-state index contributed by atoms with van der Waals surface area (Å²) in [5.74, 6) is 0.181. The normalized spacial score (nSPS) is 11.6. The van der Waals surface area contributed by atoms with Gasteiger partial charge in [-0.3, -0.25) is 4.79 Å². The van der Waals surface area contributed by atoms with Gasteiger partial charge in [0.2, 0.25) is 0 Å². The van der Waals surface area contributed by atoms with Gasteiger partial charge in [-0.25, -0.2) is 9.50 Å². The molecule has 4 aromatic rings. The van der Waals surface area contributed by atoms with Crippen LogP contribution in [0.15, 0.2) is 71.8 Å². The highest BCUT2D eigenvalue weighted by molar-refractivity contribution is 7.98. The molecule has 6 nitrogen and oxygen atoms in total. The van der Waals surface area contributed by atoms with E-state index in [1.165, 1.54) is 4.90 Å². The number of anilines is 1. The van der Waals surface area contributed by atoms with E-state index in [4.69, 9.17) is 0 Å². The molecule has 0 radical (unpaired) electrons. The highest BCUT2D eigenvalue weighted by Crippen LogP contribution is 2.26. The Hall–Kier alpha value is -3.16. The van der Waals surface area contributed by atoms with Crippen LogP contribution in [-0.2, 0) is 5.60 Å². The van der Waals surface area contributed by atoms with E-state index in [1.54, 1.807) is 66.7 Å². The summed E-state index contributed by atoms with van der Waals surface area (Å²) in [6.45, 7) is 3.42. The third kappa shape index (κ3) is 4.08. The monoisotopic (exact) mass is 418 g/mol. The van der Waals surface area contributed by atoms with Crippen molar-refractivity contribution in [3.8, 4) is 11.3 Å². The number of nitrogens with zero attached hydrogens (tertiary/aromatic N) is 3. The van der Waals surface area contributed by atoms with E-state index in [0.29, 0.717) is 17.0 Å². The minimum atomic E-state index is -0.954. The summed E-state index contributed by atoms with van der Waals surface area (Å²) in [5, 5.41) is 17.3. The number of aliphatic hydroxyl groups is 1. The van der Waals surface area contributed by atoms with Crippen LogP contribution in [0, 0.1) is 0 Å². The summed E-state index contributed by atoms with van der Waals surface area (Å²) in [7, 11) is 0. The van der Waals surface area contributed by atoms with Crippen LogP contribution < -0.4 is 5.32 Å². The van der Waals surface area contributed by atoms with Crippen LogP contribution >= 0.6 is 11.8 Å². The lowest BCUT2D eigenvalue weighted by atomic mass is 9.97. The molecule has 0 unspecified atom stereocenters. The molecule has 7 heteroatoms. The topological polar surface area (TPSA) is 79.5 Å². The predicted molar refractivity (Wildman–Crippen MR) is 120 cm³/mol. The zero-order chi connectivity index (χ0) is 21.3. The van der Waals surface area contributed by atoms with Crippen molar-refractivity contribution in [2.75, 3.05) is 11.6 Å². The van der Waals surface area contributed by atoms with E-state index in [2.05, 4.69) is 27.5 Å². The van der Waals surface area contributed by atoms with Gasteiger partial charge >= 0.3 is 0 Å². The maximum atomic E-state index is 12.7. The van der Waals surface area contributed by atoms with Gasteiger partial charge in [0.1, 0.15) is 5.82 Å². The van der Waals surface area contributed by atoms with Gasteiger partial charge in [0, 0.05) is 28.2 Å².